The second kappa shape index (κ2) is 4.03. The fourth-order valence-corrected chi connectivity index (χ4v) is 4.16. The van der Waals surface area contributed by atoms with Gasteiger partial charge in [0.25, 0.3) is 5.91 Å². The van der Waals surface area contributed by atoms with E-state index >= 15 is 0 Å². The van der Waals surface area contributed by atoms with E-state index in [4.69, 9.17) is 5.73 Å². The molecule has 0 aliphatic heterocycles. The van der Waals surface area contributed by atoms with Crippen LogP contribution in [0.15, 0.2) is 5.38 Å². The number of nitrogens with zero attached hydrogens (tertiary/aromatic N) is 1. The van der Waals surface area contributed by atoms with E-state index in [0.29, 0.717) is 5.01 Å². The fraction of sp³-hybridized carbons (Fsp3) is 0.692. The predicted molar refractivity (Wildman–Crippen MR) is 71.7 cm³/mol. The van der Waals surface area contributed by atoms with Crippen LogP contribution < -0.4 is 11.1 Å². The Kier molecular flexibility index (Phi) is 2.71. The van der Waals surface area contributed by atoms with Gasteiger partial charge in [-0.3, -0.25) is 4.79 Å². The zero-order chi connectivity index (χ0) is 12.8. The summed E-state index contributed by atoms with van der Waals surface area (Å²) >= 11 is 1.41. The molecule has 4 nitrogen and oxygen atoms in total. The summed E-state index contributed by atoms with van der Waals surface area (Å²) in [6, 6.07) is 0. The number of aryl methyl sites for hydroxylation is 1. The zero-order valence-corrected chi connectivity index (χ0v) is 11.5. The van der Waals surface area contributed by atoms with Crippen LogP contribution in [-0.4, -0.2) is 22.0 Å². The first kappa shape index (κ1) is 12.1. The number of carbonyl (C=O) groups excluding carboxylic acids is 1. The molecule has 2 aliphatic carbocycles. The molecule has 18 heavy (non-hydrogen) atoms. The summed E-state index contributed by atoms with van der Waals surface area (Å²) < 4.78 is 0. The van der Waals surface area contributed by atoms with Crippen molar-refractivity contribution in [2.45, 2.75) is 56.5 Å². The quantitative estimate of drug-likeness (QED) is 0.859. The Labute approximate surface area is 111 Å². The van der Waals surface area contributed by atoms with Crippen LogP contribution in [-0.2, 0) is 0 Å². The molecule has 3 N–H and O–H groups in total. The minimum atomic E-state index is -0.0658. The fourth-order valence-electron chi connectivity index (χ4n) is 3.47. The first-order chi connectivity index (χ1) is 8.50. The van der Waals surface area contributed by atoms with Gasteiger partial charge >= 0.3 is 0 Å². The molecule has 0 saturated heterocycles. The lowest BCUT2D eigenvalue weighted by atomic mass is 9.79. The summed E-state index contributed by atoms with van der Waals surface area (Å²) in [7, 11) is 0. The maximum Gasteiger partial charge on any atom is 0.280 e. The second-order valence-electron chi connectivity index (χ2n) is 5.92. The second-order valence-corrected chi connectivity index (χ2v) is 6.78. The van der Waals surface area contributed by atoms with Crippen LogP contribution in [0.4, 0.5) is 0 Å². The first-order valence-electron chi connectivity index (χ1n) is 6.54. The third-order valence-electron chi connectivity index (χ3n) is 4.31. The molecule has 2 atom stereocenters. The largest absolute Gasteiger partial charge is 0.344 e. The standard InChI is InChI=1S/C13H19N3OS/c1-9-7-18-11(15-9)10(17)16-13-4-2-3-12(14,8-13)5-6-13/h7H,2-6,8,14H2,1H3,(H,16,17)/t12-,13+/m1/s1. The van der Waals surface area contributed by atoms with Gasteiger partial charge < -0.3 is 11.1 Å². The van der Waals surface area contributed by atoms with Crippen molar-refractivity contribution in [2.24, 2.45) is 5.73 Å². The molecular weight excluding hydrogens is 246 g/mol. The number of fused-ring (bicyclic) bond motifs is 2. The lowest BCUT2D eigenvalue weighted by molar-refractivity contribution is 0.0876. The highest BCUT2D eigenvalue weighted by molar-refractivity contribution is 7.11. The van der Waals surface area contributed by atoms with Crippen molar-refractivity contribution in [1.29, 1.82) is 0 Å². The number of hydrogen-bond donors (Lipinski definition) is 2. The van der Waals surface area contributed by atoms with Crippen molar-refractivity contribution in [3.05, 3.63) is 16.1 Å². The number of nitrogens with two attached hydrogens (primary N) is 1. The van der Waals surface area contributed by atoms with Crippen molar-refractivity contribution in [3.63, 3.8) is 0 Å². The SMILES string of the molecule is Cc1csc(C(=O)N[C@@]23CCC[C@@](N)(CC2)C3)n1. The van der Waals surface area contributed by atoms with Gasteiger partial charge in [-0.05, 0) is 45.4 Å². The number of aromatic nitrogens is 1. The van der Waals surface area contributed by atoms with E-state index in [2.05, 4.69) is 10.3 Å². The summed E-state index contributed by atoms with van der Waals surface area (Å²) in [5.74, 6) is -0.0285. The van der Waals surface area contributed by atoms with Crippen LogP contribution in [0.25, 0.3) is 0 Å². The molecule has 0 spiro atoms. The summed E-state index contributed by atoms with van der Waals surface area (Å²) in [5, 5.41) is 5.69. The summed E-state index contributed by atoms with van der Waals surface area (Å²) in [5.41, 5.74) is 7.14. The Morgan fingerprint density at radius 2 is 2.28 bits per heavy atom. The molecule has 1 heterocycles. The highest BCUT2D eigenvalue weighted by atomic mass is 32.1. The molecule has 2 bridgehead atoms. The molecule has 0 unspecified atom stereocenters. The first-order valence-corrected chi connectivity index (χ1v) is 7.42. The normalized spacial score (nSPS) is 34.6. The summed E-state index contributed by atoms with van der Waals surface area (Å²) in [6.45, 7) is 1.91. The highest BCUT2D eigenvalue weighted by Crippen LogP contribution is 2.46. The zero-order valence-electron chi connectivity index (χ0n) is 10.7. The number of rotatable bonds is 2. The van der Waals surface area contributed by atoms with Crippen LogP contribution in [0, 0.1) is 6.92 Å². The van der Waals surface area contributed by atoms with Gasteiger partial charge in [-0.15, -0.1) is 11.3 Å². The molecule has 1 aromatic rings. The Hall–Kier alpha value is -0.940. The lowest BCUT2D eigenvalue weighted by Crippen LogP contribution is -2.52. The minimum absolute atomic E-state index is 0.0285. The molecule has 1 aromatic heterocycles. The molecule has 5 heteroatoms. The van der Waals surface area contributed by atoms with Gasteiger partial charge in [0.1, 0.15) is 0 Å². The monoisotopic (exact) mass is 265 g/mol. The number of hydrogen-bond acceptors (Lipinski definition) is 4. The molecule has 1 amide bonds. The Bertz CT molecular complexity index is 486. The van der Waals surface area contributed by atoms with Crippen LogP contribution in [0.5, 0.6) is 0 Å². The van der Waals surface area contributed by atoms with Gasteiger partial charge in [0.15, 0.2) is 5.01 Å². The number of nitrogens with one attached hydrogen (secondary N) is 1. The maximum atomic E-state index is 12.2. The van der Waals surface area contributed by atoms with Gasteiger partial charge in [0.05, 0.1) is 0 Å². The number of thiazole rings is 1. The molecule has 2 aliphatic rings. The predicted octanol–water partition coefficient (Wildman–Crippen LogP) is 1.99. The van der Waals surface area contributed by atoms with Crippen LogP contribution in [0.3, 0.4) is 0 Å². The van der Waals surface area contributed by atoms with Crippen molar-refractivity contribution >= 4 is 17.2 Å². The van der Waals surface area contributed by atoms with E-state index in [0.717, 1.165) is 44.2 Å². The van der Waals surface area contributed by atoms with Gasteiger partial charge in [-0.1, -0.05) is 0 Å². The molecule has 0 aromatic carbocycles. The van der Waals surface area contributed by atoms with E-state index in [-0.39, 0.29) is 17.0 Å². The third-order valence-corrected chi connectivity index (χ3v) is 5.27. The van der Waals surface area contributed by atoms with Crippen LogP contribution in [0.1, 0.15) is 54.0 Å². The van der Waals surface area contributed by atoms with Gasteiger partial charge in [-0.25, -0.2) is 4.98 Å². The molecule has 98 valence electrons. The van der Waals surface area contributed by atoms with E-state index in [9.17, 15) is 4.79 Å². The van der Waals surface area contributed by atoms with Crippen molar-refractivity contribution in [1.82, 2.24) is 10.3 Å². The molecule has 0 radical (unpaired) electrons. The molecule has 2 saturated carbocycles. The Balaban J connectivity index is 1.75. The number of carbonyl (C=O) groups is 1. The van der Waals surface area contributed by atoms with Gasteiger partial charge in [-0.2, -0.15) is 0 Å². The van der Waals surface area contributed by atoms with E-state index in [1.54, 1.807) is 0 Å². The average Bonchev–Trinajstić information content (AvgIpc) is 2.82. The van der Waals surface area contributed by atoms with Gasteiger partial charge in [0.2, 0.25) is 0 Å². The molecule has 2 fully saturated rings. The topological polar surface area (TPSA) is 68.0 Å². The minimum Gasteiger partial charge on any atom is -0.344 e. The van der Waals surface area contributed by atoms with E-state index in [1.807, 2.05) is 12.3 Å². The number of amides is 1. The van der Waals surface area contributed by atoms with E-state index < -0.39 is 0 Å². The average molecular weight is 265 g/mol. The van der Waals surface area contributed by atoms with E-state index in [1.165, 1.54) is 11.3 Å². The molecular formula is C13H19N3OS. The highest BCUT2D eigenvalue weighted by Gasteiger charge is 2.49. The smallest absolute Gasteiger partial charge is 0.280 e. The van der Waals surface area contributed by atoms with Crippen LogP contribution >= 0.6 is 11.3 Å². The van der Waals surface area contributed by atoms with Crippen molar-refractivity contribution < 1.29 is 4.79 Å². The van der Waals surface area contributed by atoms with Crippen molar-refractivity contribution in [2.75, 3.05) is 0 Å². The molecule has 3 rings (SSSR count). The Morgan fingerprint density at radius 1 is 1.44 bits per heavy atom. The lowest BCUT2D eigenvalue weighted by Gasteiger charge is -2.37. The van der Waals surface area contributed by atoms with Gasteiger partial charge in [0, 0.05) is 22.2 Å². The summed E-state index contributed by atoms with van der Waals surface area (Å²) in [6.07, 6.45) is 6.25. The van der Waals surface area contributed by atoms with Crippen molar-refractivity contribution in [3.8, 4) is 0 Å². The third kappa shape index (κ3) is 2.06. The Morgan fingerprint density at radius 3 is 3.00 bits per heavy atom. The summed E-state index contributed by atoms with van der Waals surface area (Å²) in [4.78, 5) is 16.5. The maximum absolute atomic E-state index is 12.2. The van der Waals surface area contributed by atoms with Crippen LogP contribution in [0.2, 0.25) is 0 Å².